The molecule has 1 aromatic carbocycles. The van der Waals surface area contributed by atoms with Gasteiger partial charge in [-0.15, -0.1) is 0 Å². The Morgan fingerprint density at radius 3 is 2.47 bits per heavy atom. The summed E-state index contributed by atoms with van der Waals surface area (Å²) in [6.45, 7) is 0.528. The minimum atomic E-state index is -0.995. The number of aliphatic hydroxyl groups is 1. The van der Waals surface area contributed by atoms with Crippen LogP contribution in [0, 0.1) is 0 Å². The number of hydrogen-bond donors (Lipinski definition) is 3. The van der Waals surface area contributed by atoms with Gasteiger partial charge in [-0.05, 0) is 5.56 Å². The number of carboxylic acid groups (broad SMARTS) is 1. The average Bonchev–Trinajstić information content (AvgIpc) is 2.35. The molecule has 6 heteroatoms. The summed E-state index contributed by atoms with van der Waals surface area (Å²) in [4.78, 5) is 23.4. The summed E-state index contributed by atoms with van der Waals surface area (Å²) >= 11 is 0. The van der Waals surface area contributed by atoms with E-state index in [4.69, 9.17) is 5.11 Å². The molecule has 0 atom stereocenters. The van der Waals surface area contributed by atoms with Crippen LogP contribution < -0.4 is 5.32 Å². The Labute approximate surface area is 110 Å². The summed E-state index contributed by atoms with van der Waals surface area (Å²) in [6, 6.07) is 8.83. The first-order chi connectivity index (χ1) is 9.01. The van der Waals surface area contributed by atoms with Crippen molar-refractivity contribution in [1.82, 2.24) is 10.2 Å². The zero-order chi connectivity index (χ0) is 13.9. The van der Waals surface area contributed by atoms with Gasteiger partial charge in [0.15, 0.2) is 0 Å². The fourth-order valence-corrected chi connectivity index (χ4v) is 2.05. The van der Waals surface area contributed by atoms with Crippen molar-refractivity contribution in [1.29, 1.82) is 0 Å². The van der Waals surface area contributed by atoms with E-state index in [2.05, 4.69) is 5.32 Å². The van der Waals surface area contributed by atoms with Crippen LogP contribution in [0.2, 0.25) is 0 Å². The first-order valence-corrected chi connectivity index (χ1v) is 6.04. The number of nitrogens with one attached hydrogen (secondary N) is 1. The molecule has 0 unspecified atom stereocenters. The second-order valence-electron chi connectivity index (χ2n) is 4.63. The van der Waals surface area contributed by atoms with Gasteiger partial charge in [-0.25, -0.2) is 4.79 Å². The Balaban J connectivity index is 1.82. The number of rotatable bonds is 4. The first kappa shape index (κ1) is 13.4. The lowest BCUT2D eigenvalue weighted by Crippen LogP contribution is -2.63. The van der Waals surface area contributed by atoms with Gasteiger partial charge in [-0.1, -0.05) is 30.3 Å². The molecule has 3 N–H and O–H groups in total. The van der Waals surface area contributed by atoms with Gasteiger partial charge in [0.2, 0.25) is 0 Å². The average molecular weight is 264 g/mol. The molecule has 0 aliphatic carbocycles. The van der Waals surface area contributed by atoms with Crippen LogP contribution in [-0.4, -0.2) is 46.7 Å². The van der Waals surface area contributed by atoms with Gasteiger partial charge in [0.05, 0.1) is 19.5 Å². The minimum absolute atomic E-state index is 0.0917. The lowest BCUT2D eigenvalue weighted by atomic mass is 9.86. The van der Waals surface area contributed by atoms with E-state index >= 15 is 0 Å². The molecule has 2 rings (SSSR count). The minimum Gasteiger partial charge on any atom is -0.481 e. The van der Waals surface area contributed by atoms with Gasteiger partial charge in [0.25, 0.3) is 0 Å². The predicted molar refractivity (Wildman–Crippen MR) is 67.6 cm³/mol. The topological polar surface area (TPSA) is 89.9 Å². The predicted octanol–water partition coefficient (Wildman–Crippen LogP) is 0.374. The van der Waals surface area contributed by atoms with Crippen LogP contribution in [0.15, 0.2) is 30.3 Å². The molecule has 1 saturated heterocycles. The van der Waals surface area contributed by atoms with Crippen molar-refractivity contribution < 1.29 is 19.8 Å². The maximum Gasteiger partial charge on any atom is 0.317 e. The fraction of sp³-hybridized carbons (Fsp3) is 0.385. The largest absolute Gasteiger partial charge is 0.481 e. The third-order valence-corrected chi connectivity index (χ3v) is 3.12. The van der Waals surface area contributed by atoms with Crippen molar-refractivity contribution in [2.75, 3.05) is 19.6 Å². The number of likely N-dealkylation sites (tertiary alicyclic amines) is 1. The molecular weight excluding hydrogens is 248 g/mol. The number of carbonyl (C=O) groups is 2. The Kier molecular flexibility index (Phi) is 3.71. The smallest absolute Gasteiger partial charge is 0.317 e. The molecule has 1 aliphatic heterocycles. The maximum atomic E-state index is 11.6. The molecule has 1 fully saturated rings. The molecule has 0 saturated carbocycles. The molecule has 1 heterocycles. The number of benzene rings is 1. The van der Waals surface area contributed by atoms with Crippen LogP contribution in [0.5, 0.6) is 0 Å². The summed E-state index contributed by atoms with van der Waals surface area (Å²) in [5, 5.41) is 21.3. The number of carboxylic acids is 1. The summed E-state index contributed by atoms with van der Waals surface area (Å²) < 4.78 is 0. The van der Waals surface area contributed by atoms with Crippen molar-refractivity contribution in [3.05, 3.63) is 35.9 Å². The van der Waals surface area contributed by atoms with E-state index in [1.54, 1.807) is 0 Å². The highest BCUT2D eigenvalue weighted by atomic mass is 16.4. The number of urea groups is 1. The van der Waals surface area contributed by atoms with Crippen LogP contribution in [0.25, 0.3) is 0 Å². The standard InChI is InChI=1S/C13H16N2O4/c16-11(17)6-7-14-12(18)15-8-13(19,9-15)10-4-2-1-3-5-10/h1-5,19H,6-9H2,(H,14,18)(H,16,17). The zero-order valence-corrected chi connectivity index (χ0v) is 10.4. The highest BCUT2D eigenvalue weighted by molar-refractivity contribution is 5.76. The summed E-state index contributed by atoms with van der Waals surface area (Å²) in [5.41, 5.74) is -0.213. The second-order valence-corrected chi connectivity index (χ2v) is 4.63. The molecule has 0 spiro atoms. The number of carbonyl (C=O) groups excluding carboxylic acids is 1. The van der Waals surface area contributed by atoms with Gasteiger partial charge in [0.1, 0.15) is 5.60 Å². The zero-order valence-electron chi connectivity index (χ0n) is 10.4. The van der Waals surface area contributed by atoms with Gasteiger partial charge in [-0.2, -0.15) is 0 Å². The summed E-state index contributed by atoms with van der Waals surface area (Å²) in [7, 11) is 0. The Morgan fingerprint density at radius 1 is 1.26 bits per heavy atom. The van der Waals surface area contributed by atoms with Crippen molar-refractivity contribution >= 4 is 12.0 Å². The Hall–Kier alpha value is -2.08. The normalized spacial score (nSPS) is 16.6. The highest BCUT2D eigenvalue weighted by Gasteiger charge is 2.44. The lowest BCUT2D eigenvalue weighted by Gasteiger charge is -2.46. The first-order valence-electron chi connectivity index (χ1n) is 6.04. The van der Waals surface area contributed by atoms with Crippen molar-refractivity contribution in [3.8, 4) is 0 Å². The summed E-state index contributed by atoms with van der Waals surface area (Å²) in [5.74, 6) is -0.954. The van der Waals surface area contributed by atoms with Crippen molar-refractivity contribution in [2.45, 2.75) is 12.0 Å². The fourth-order valence-electron chi connectivity index (χ4n) is 2.05. The van der Waals surface area contributed by atoms with E-state index in [9.17, 15) is 14.7 Å². The number of hydrogen-bond acceptors (Lipinski definition) is 3. The second kappa shape index (κ2) is 5.27. The number of aliphatic carboxylic acids is 1. The molecule has 6 nitrogen and oxygen atoms in total. The summed E-state index contributed by atoms with van der Waals surface area (Å²) in [6.07, 6.45) is -0.109. The molecule has 102 valence electrons. The monoisotopic (exact) mass is 264 g/mol. The van der Waals surface area contributed by atoms with Gasteiger partial charge in [0, 0.05) is 6.54 Å². The SMILES string of the molecule is O=C(O)CCNC(=O)N1CC(O)(c2ccccc2)C1. The van der Waals surface area contributed by atoms with Gasteiger partial charge in [-0.3, -0.25) is 4.79 Å². The lowest BCUT2D eigenvalue weighted by molar-refractivity contribution is -0.136. The van der Waals surface area contributed by atoms with Crippen molar-refractivity contribution in [3.63, 3.8) is 0 Å². The van der Waals surface area contributed by atoms with Crippen LogP contribution in [-0.2, 0) is 10.4 Å². The van der Waals surface area contributed by atoms with Gasteiger partial charge >= 0.3 is 12.0 Å². The molecular formula is C13H16N2O4. The third-order valence-electron chi connectivity index (χ3n) is 3.12. The third kappa shape index (κ3) is 3.03. The molecule has 0 aromatic heterocycles. The van der Waals surface area contributed by atoms with Crippen LogP contribution in [0.3, 0.4) is 0 Å². The van der Waals surface area contributed by atoms with E-state index in [1.807, 2.05) is 30.3 Å². The van der Waals surface area contributed by atoms with Crippen LogP contribution in [0.4, 0.5) is 4.79 Å². The maximum absolute atomic E-state index is 11.6. The quantitative estimate of drug-likeness (QED) is 0.733. The van der Waals surface area contributed by atoms with Crippen LogP contribution >= 0.6 is 0 Å². The van der Waals surface area contributed by atoms with Crippen molar-refractivity contribution in [2.24, 2.45) is 0 Å². The molecule has 1 aliphatic rings. The number of nitrogens with zero attached hydrogens (tertiary/aromatic N) is 1. The molecule has 2 amide bonds. The van der Waals surface area contributed by atoms with Crippen LogP contribution in [0.1, 0.15) is 12.0 Å². The van der Waals surface area contributed by atoms with E-state index in [1.165, 1.54) is 4.90 Å². The Bertz CT molecular complexity index is 469. The molecule has 19 heavy (non-hydrogen) atoms. The van der Waals surface area contributed by atoms with E-state index in [-0.39, 0.29) is 32.1 Å². The number of β-amino-alcohol motifs (C(OH)–C–C–N with tert-alkyl or cyclic N) is 1. The number of amides is 2. The molecule has 1 aromatic rings. The molecule has 0 radical (unpaired) electrons. The van der Waals surface area contributed by atoms with E-state index in [0.29, 0.717) is 0 Å². The Morgan fingerprint density at radius 2 is 1.89 bits per heavy atom. The highest BCUT2D eigenvalue weighted by Crippen LogP contribution is 2.31. The van der Waals surface area contributed by atoms with Gasteiger partial charge < -0.3 is 20.4 Å². The van der Waals surface area contributed by atoms with E-state index < -0.39 is 11.6 Å². The van der Waals surface area contributed by atoms with E-state index in [0.717, 1.165) is 5.56 Å². The molecule has 0 bridgehead atoms.